The highest BCUT2D eigenvalue weighted by Gasteiger charge is 2.07. The predicted molar refractivity (Wildman–Crippen MR) is 82.2 cm³/mol. The minimum Gasteiger partial charge on any atom is -0.496 e. The van der Waals surface area contributed by atoms with Crippen molar-refractivity contribution in [3.05, 3.63) is 64.4 Å². The van der Waals surface area contributed by atoms with Gasteiger partial charge in [-0.25, -0.2) is 4.39 Å². The molecule has 1 N–H and O–H groups in total. The van der Waals surface area contributed by atoms with Crippen LogP contribution in [0, 0.1) is 5.82 Å². The van der Waals surface area contributed by atoms with Crippen molar-refractivity contribution >= 4 is 24.0 Å². The van der Waals surface area contributed by atoms with E-state index in [9.17, 15) is 4.39 Å². The number of methoxy groups -OCH3 is 1. The van der Waals surface area contributed by atoms with Crippen molar-refractivity contribution in [3.8, 4) is 5.75 Å². The Morgan fingerprint density at radius 1 is 1.10 bits per heavy atom. The molecular weight excluding hydrogens is 300 g/mol. The van der Waals surface area contributed by atoms with E-state index in [0.29, 0.717) is 23.7 Å². The van der Waals surface area contributed by atoms with Crippen LogP contribution in [0.25, 0.3) is 0 Å². The van der Waals surface area contributed by atoms with Gasteiger partial charge in [-0.1, -0.05) is 35.9 Å². The van der Waals surface area contributed by atoms with Crippen molar-refractivity contribution in [2.75, 3.05) is 7.11 Å². The van der Waals surface area contributed by atoms with Gasteiger partial charge in [-0.15, -0.1) is 12.4 Å². The van der Waals surface area contributed by atoms with Gasteiger partial charge in [-0.05, 0) is 18.2 Å². The largest absolute Gasteiger partial charge is 0.496 e. The van der Waals surface area contributed by atoms with E-state index in [-0.39, 0.29) is 18.2 Å². The molecule has 0 radical (unpaired) electrons. The van der Waals surface area contributed by atoms with Gasteiger partial charge >= 0.3 is 0 Å². The van der Waals surface area contributed by atoms with Crippen molar-refractivity contribution in [2.24, 2.45) is 0 Å². The number of rotatable bonds is 5. The third-order valence-corrected chi connectivity index (χ3v) is 3.23. The summed E-state index contributed by atoms with van der Waals surface area (Å²) in [4.78, 5) is 0. The van der Waals surface area contributed by atoms with E-state index in [1.165, 1.54) is 6.07 Å². The lowest BCUT2D eigenvalue weighted by Crippen LogP contribution is -2.14. The number of ether oxygens (including phenoxy) is 1. The number of para-hydroxylation sites is 1. The second-order valence-corrected chi connectivity index (χ2v) is 4.52. The summed E-state index contributed by atoms with van der Waals surface area (Å²) < 4.78 is 18.8. The van der Waals surface area contributed by atoms with Gasteiger partial charge in [0.05, 0.1) is 7.11 Å². The topological polar surface area (TPSA) is 21.3 Å². The Kier molecular flexibility index (Phi) is 6.79. The molecule has 2 rings (SSSR count). The van der Waals surface area contributed by atoms with Crippen LogP contribution in [0.3, 0.4) is 0 Å². The second-order valence-electron chi connectivity index (χ2n) is 4.12. The number of halogens is 3. The summed E-state index contributed by atoms with van der Waals surface area (Å²) in [7, 11) is 1.63. The van der Waals surface area contributed by atoms with Crippen LogP contribution in [-0.2, 0) is 13.1 Å². The molecule has 0 fully saturated rings. The van der Waals surface area contributed by atoms with Crippen molar-refractivity contribution < 1.29 is 9.13 Å². The van der Waals surface area contributed by atoms with E-state index in [2.05, 4.69) is 5.32 Å². The molecule has 0 heterocycles. The Hall–Kier alpha value is -1.29. The van der Waals surface area contributed by atoms with Crippen molar-refractivity contribution in [1.29, 1.82) is 0 Å². The van der Waals surface area contributed by atoms with Gasteiger partial charge in [0.1, 0.15) is 11.6 Å². The summed E-state index contributed by atoms with van der Waals surface area (Å²) in [5, 5.41) is 3.61. The fraction of sp³-hybridized carbons (Fsp3) is 0.200. The SMILES string of the molecule is COc1ccccc1CNCc1c(F)cccc1Cl.Cl. The monoisotopic (exact) mass is 315 g/mol. The minimum absolute atomic E-state index is 0. The van der Waals surface area contributed by atoms with Gasteiger partial charge in [0.25, 0.3) is 0 Å². The molecule has 108 valence electrons. The van der Waals surface area contributed by atoms with Crippen molar-refractivity contribution in [2.45, 2.75) is 13.1 Å². The standard InChI is InChI=1S/C15H15ClFNO.ClH/c1-19-15-8-3-2-5-11(15)9-18-10-12-13(16)6-4-7-14(12)17;/h2-8,18H,9-10H2,1H3;1H. The average molecular weight is 316 g/mol. The summed E-state index contributed by atoms with van der Waals surface area (Å²) in [6.45, 7) is 0.970. The lowest BCUT2D eigenvalue weighted by Gasteiger charge is -2.10. The number of nitrogens with one attached hydrogen (secondary N) is 1. The van der Waals surface area contributed by atoms with Gasteiger partial charge in [-0.3, -0.25) is 0 Å². The Morgan fingerprint density at radius 3 is 2.55 bits per heavy atom. The highest BCUT2D eigenvalue weighted by atomic mass is 35.5. The maximum atomic E-state index is 13.6. The zero-order chi connectivity index (χ0) is 13.7. The Bertz CT molecular complexity index is 543. The van der Waals surface area contributed by atoms with Crippen LogP contribution in [0.5, 0.6) is 5.75 Å². The first-order valence-electron chi connectivity index (χ1n) is 5.98. The molecule has 0 atom stereocenters. The molecule has 5 heteroatoms. The van der Waals surface area contributed by atoms with Crippen LogP contribution >= 0.6 is 24.0 Å². The summed E-state index contributed by atoms with van der Waals surface area (Å²) >= 11 is 5.97. The van der Waals surface area contributed by atoms with E-state index in [4.69, 9.17) is 16.3 Å². The summed E-state index contributed by atoms with van der Waals surface area (Å²) in [6, 6.07) is 12.4. The second kappa shape index (κ2) is 8.10. The highest BCUT2D eigenvalue weighted by Crippen LogP contribution is 2.20. The zero-order valence-corrected chi connectivity index (χ0v) is 12.6. The lowest BCUT2D eigenvalue weighted by molar-refractivity contribution is 0.407. The summed E-state index contributed by atoms with van der Waals surface area (Å²) in [5.41, 5.74) is 1.51. The van der Waals surface area contributed by atoms with Crippen LogP contribution in [0.1, 0.15) is 11.1 Å². The number of benzene rings is 2. The smallest absolute Gasteiger partial charge is 0.129 e. The minimum atomic E-state index is -0.292. The van der Waals surface area contributed by atoms with E-state index < -0.39 is 0 Å². The fourth-order valence-corrected chi connectivity index (χ4v) is 2.10. The fourth-order valence-electron chi connectivity index (χ4n) is 1.87. The van der Waals surface area contributed by atoms with Crippen LogP contribution in [-0.4, -0.2) is 7.11 Å². The van der Waals surface area contributed by atoms with Gasteiger partial charge in [0.15, 0.2) is 0 Å². The van der Waals surface area contributed by atoms with Gasteiger partial charge in [-0.2, -0.15) is 0 Å². The molecule has 0 unspecified atom stereocenters. The van der Waals surface area contributed by atoms with Crippen LogP contribution in [0.4, 0.5) is 4.39 Å². The first-order valence-corrected chi connectivity index (χ1v) is 6.35. The molecule has 2 aromatic carbocycles. The third kappa shape index (κ3) is 4.10. The Balaban J connectivity index is 0.00000200. The molecule has 0 saturated carbocycles. The molecule has 20 heavy (non-hydrogen) atoms. The molecular formula is C15H16Cl2FNO. The number of hydrogen-bond acceptors (Lipinski definition) is 2. The molecule has 0 aliphatic rings. The van der Waals surface area contributed by atoms with Crippen molar-refractivity contribution in [1.82, 2.24) is 5.32 Å². The quantitative estimate of drug-likeness (QED) is 0.893. The molecule has 0 aliphatic carbocycles. The molecule has 0 spiro atoms. The Morgan fingerprint density at radius 2 is 1.85 bits per heavy atom. The Labute approximate surface area is 129 Å². The molecule has 2 aromatic rings. The molecule has 0 aliphatic heterocycles. The van der Waals surface area contributed by atoms with E-state index in [1.54, 1.807) is 19.2 Å². The normalized spacial score (nSPS) is 9.95. The van der Waals surface area contributed by atoms with Crippen LogP contribution < -0.4 is 10.1 Å². The first kappa shape index (κ1) is 16.8. The van der Waals surface area contributed by atoms with Crippen LogP contribution in [0.15, 0.2) is 42.5 Å². The maximum absolute atomic E-state index is 13.6. The molecule has 0 bridgehead atoms. The third-order valence-electron chi connectivity index (χ3n) is 2.87. The van der Waals surface area contributed by atoms with Gasteiger partial charge in [0, 0.05) is 29.2 Å². The molecule has 0 aromatic heterocycles. The highest BCUT2D eigenvalue weighted by molar-refractivity contribution is 6.31. The predicted octanol–water partition coefficient (Wildman–Crippen LogP) is 4.20. The number of hydrogen-bond donors (Lipinski definition) is 1. The maximum Gasteiger partial charge on any atom is 0.129 e. The van der Waals surface area contributed by atoms with Crippen LogP contribution in [0.2, 0.25) is 5.02 Å². The van der Waals surface area contributed by atoms with Gasteiger partial charge in [0.2, 0.25) is 0 Å². The first-order chi connectivity index (χ1) is 9.22. The average Bonchev–Trinajstić information content (AvgIpc) is 2.42. The van der Waals surface area contributed by atoms with E-state index >= 15 is 0 Å². The zero-order valence-electron chi connectivity index (χ0n) is 11.0. The van der Waals surface area contributed by atoms with E-state index in [1.807, 2.05) is 24.3 Å². The summed E-state index contributed by atoms with van der Waals surface area (Å²) in [6.07, 6.45) is 0. The molecule has 2 nitrogen and oxygen atoms in total. The van der Waals surface area contributed by atoms with Gasteiger partial charge < -0.3 is 10.1 Å². The summed E-state index contributed by atoms with van der Waals surface area (Å²) in [5.74, 6) is 0.523. The van der Waals surface area contributed by atoms with Crippen molar-refractivity contribution in [3.63, 3.8) is 0 Å². The lowest BCUT2D eigenvalue weighted by atomic mass is 10.1. The molecule has 0 saturated heterocycles. The van der Waals surface area contributed by atoms with E-state index in [0.717, 1.165) is 11.3 Å². The molecule has 0 amide bonds.